The molecule has 0 bridgehead atoms. The summed E-state index contributed by atoms with van der Waals surface area (Å²) in [4.78, 5) is 10.2. The van der Waals surface area contributed by atoms with E-state index in [4.69, 9.17) is 10.4 Å². The summed E-state index contributed by atoms with van der Waals surface area (Å²) in [5, 5.41) is 19.7. The molecule has 8 heteroatoms. The van der Waals surface area contributed by atoms with Gasteiger partial charge in [-0.2, -0.15) is 23.5 Å². The van der Waals surface area contributed by atoms with Gasteiger partial charge in [0.15, 0.2) is 5.69 Å². The summed E-state index contributed by atoms with van der Waals surface area (Å²) in [6.45, 7) is -0.717. The van der Waals surface area contributed by atoms with E-state index in [0.29, 0.717) is 4.68 Å². The molecule has 0 aliphatic carbocycles. The molecule has 0 aliphatic rings. The van der Waals surface area contributed by atoms with Crippen LogP contribution in [0.25, 0.3) is 0 Å². The van der Waals surface area contributed by atoms with Crippen LogP contribution in [-0.4, -0.2) is 20.9 Å². The molecule has 0 spiro atoms. The highest BCUT2D eigenvalue weighted by Gasteiger charge is 2.37. The first-order chi connectivity index (χ1) is 6.84. The Balaban J connectivity index is 3.13. The standard InChI is InChI=1S/C7H4F3N3O2/c8-7(9,10)6-4(1-11)2-13(12-6)3-5(14)15/h2H,3H2,(H,14,15). The van der Waals surface area contributed by atoms with Gasteiger partial charge in [-0.05, 0) is 0 Å². The van der Waals surface area contributed by atoms with Crippen LogP contribution >= 0.6 is 0 Å². The predicted molar refractivity (Wildman–Crippen MR) is 39.6 cm³/mol. The molecule has 15 heavy (non-hydrogen) atoms. The van der Waals surface area contributed by atoms with E-state index < -0.39 is 29.9 Å². The van der Waals surface area contributed by atoms with Crippen molar-refractivity contribution in [1.29, 1.82) is 5.26 Å². The lowest BCUT2D eigenvalue weighted by molar-refractivity contribution is -0.143. The van der Waals surface area contributed by atoms with Crippen molar-refractivity contribution in [1.82, 2.24) is 9.78 Å². The number of nitriles is 1. The Hall–Kier alpha value is -2.04. The fourth-order valence-electron chi connectivity index (χ4n) is 0.932. The number of rotatable bonds is 2. The van der Waals surface area contributed by atoms with E-state index in [9.17, 15) is 18.0 Å². The van der Waals surface area contributed by atoms with Crippen LogP contribution in [0.2, 0.25) is 0 Å². The second-order valence-electron chi connectivity index (χ2n) is 2.59. The van der Waals surface area contributed by atoms with Gasteiger partial charge in [0.25, 0.3) is 0 Å². The van der Waals surface area contributed by atoms with Crippen LogP contribution in [0.3, 0.4) is 0 Å². The third-order valence-corrected chi connectivity index (χ3v) is 1.45. The number of carboxylic acid groups (broad SMARTS) is 1. The Morgan fingerprint density at radius 2 is 2.27 bits per heavy atom. The van der Waals surface area contributed by atoms with Gasteiger partial charge in [0, 0.05) is 6.20 Å². The number of carbonyl (C=O) groups is 1. The largest absolute Gasteiger partial charge is 0.480 e. The number of halogens is 3. The van der Waals surface area contributed by atoms with Crippen molar-refractivity contribution < 1.29 is 23.1 Å². The molecule has 0 atom stereocenters. The SMILES string of the molecule is N#Cc1cn(CC(=O)O)nc1C(F)(F)F. The number of hydrogen-bond donors (Lipinski definition) is 1. The summed E-state index contributed by atoms with van der Waals surface area (Å²) in [6, 6.07) is 1.30. The highest BCUT2D eigenvalue weighted by molar-refractivity contribution is 5.66. The van der Waals surface area contributed by atoms with Gasteiger partial charge in [0.2, 0.25) is 0 Å². The van der Waals surface area contributed by atoms with Crippen LogP contribution in [0.4, 0.5) is 13.2 Å². The molecule has 0 aromatic carbocycles. The molecule has 0 fully saturated rings. The zero-order valence-electron chi connectivity index (χ0n) is 7.12. The van der Waals surface area contributed by atoms with Crippen LogP contribution in [0.15, 0.2) is 6.20 Å². The molecule has 0 aliphatic heterocycles. The zero-order valence-corrected chi connectivity index (χ0v) is 7.12. The molecule has 80 valence electrons. The molecule has 0 saturated carbocycles. The molecular weight excluding hydrogens is 215 g/mol. The fraction of sp³-hybridized carbons (Fsp3) is 0.286. The molecule has 0 unspecified atom stereocenters. The summed E-state index contributed by atoms with van der Waals surface area (Å²) < 4.78 is 37.2. The van der Waals surface area contributed by atoms with E-state index in [1.54, 1.807) is 0 Å². The van der Waals surface area contributed by atoms with E-state index in [0.717, 1.165) is 6.20 Å². The fourth-order valence-corrected chi connectivity index (χ4v) is 0.932. The van der Waals surface area contributed by atoms with Crippen LogP contribution in [0, 0.1) is 11.3 Å². The van der Waals surface area contributed by atoms with Gasteiger partial charge in [-0.25, -0.2) is 0 Å². The van der Waals surface area contributed by atoms with Gasteiger partial charge in [-0.1, -0.05) is 0 Å². The minimum Gasteiger partial charge on any atom is -0.480 e. The van der Waals surface area contributed by atoms with Crippen molar-refractivity contribution in [2.24, 2.45) is 0 Å². The Morgan fingerprint density at radius 3 is 2.60 bits per heavy atom. The summed E-state index contributed by atoms with van der Waals surface area (Å²) >= 11 is 0. The monoisotopic (exact) mass is 219 g/mol. The molecule has 1 rings (SSSR count). The first kappa shape index (κ1) is 11.0. The first-order valence-electron chi connectivity index (χ1n) is 3.61. The summed E-state index contributed by atoms with van der Waals surface area (Å²) in [5.41, 5.74) is -2.06. The number of alkyl halides is 3. The van der Waals surface area contributed by atoms with Crippen molar-refractivity contribution in [3.05, 3.63) is 17.5 Å². The average Bonchev–Trinajstić information content (AvgIpc) is 2.45. The van der Waals surface area contributed by atoms with Crippen molar-refractivity contribution in [2.45, 2.75) is 12.7 Å². The van der Waals surface area contributed by atoms with Crippen molar-refractivity contribution in [2.75, 3.05) is 0 Å². The van der Waals surface area contributed by atoms with Crippen molar-refractivity contribution in [3.63, 3.8) is 0 Å². The van der Waals surface area contributed by atoms with Crippen molar-refractivity contribution >= 4 is 5.97 Å². The molecule has 0 radical (unpaired) electrons. The van der Waals surface area contributed by atoms with Crippen LogP contribution in [0.1, 0.15) is 11.3 Å². The molecule has 0 amide bonds. The minimum absolute atomic E-state index is 0.559. The molecule has 1 N–H and O–H groups in total. The summed E-state index contributed by atoms with van der Waals surface area (Å²) in [6.07, 6.45) is -4.01. The highest BCUT2D eigenvalue weighted by Crippen LogP contribution is 2.30. The molecular formula is C7H4F3N3O2. The second-order valence-corrected chi connectivity index (χ2v) is 2.59. The quantitative estimate of drug-likeness (QED) is 0.799. The van der Waals surface area contributed by atoms with E-state index in [2.05, 4.69) is 5.10 Å². The third kappa shape index (κ3) is 2.46. The van der Waals surface area contributed by atoms with E-state index in [1.165, 1.54) is 6.07 Å². The lowest BCUT2D eigenvalue weighted by Gasteiger charge is -2.01. The summed E-state index contributed by atoms with van der Waals surface area (Å²) in [7, 11) is 0. The normalized spacial score (nSPS) is 11.1. The zero-order chi connectivity index (χ0) is 11.6. The minimum atomic E-state index is -4.76. The average molecular weight is 219 g/mol. The van der Waals surface area contributed by atoms with E-state index in [1.807, 2.05) is 0 Å². The smallest absolute Gasteiger partial charge is 0.436 e. The first-order valence-corrected chi connectivity index (χ1v) is 3.61. The number of hydrogen-bond acceptors (Lipinski definition) is 3. The maximum Gasteiger partial charge on any atom is 0.436 e. The van der Waals surface area contributed by atoms with Crippen LogP contribution < -0.4 is 0 Å². The third-order valence-electron chi connectivity index (χ3n) is 1.45. The molecule has 1 heterocycles. The number of nitrogens with zero attached hydrogens (tertiary/aromatic N) is 3. The Bertz CT molecular complexity index is 430. The number of aromatic nitrogens is 2. The molecule has 1 aromatic heterocycles. The lowest BCUT2D eigenvalue weighted by Crippen LogP contribution is -2.12. The van der Waals surface area contributed by atoms with Crippen molar-refractivity contribution in [3.8, 4) is 6.07 Å². The maximum absolute atomic E-state index is 12.2. The second kappa shape index (κ2) is 3.61. The van der Waals surface area contributed by atoms with Crippen LogP contribution in [-0.2, 0) is 17.5 Å². The van der Waals surface area contributed by atoms with Gasteiger partial charge < -0.3 is 5.11 Å². The maximum atomic E-state index is 12.2. The van der Waals surface area contributed by atoms with Gasteiger partial charge in [0.05, 0.1) is 0 Å². The Labute approximate surface area is 81.3 Å². The Morgan fingerprint density at radius 1 is 1.67 bits per heavy atom. The van der Waals surface area contributed by atoms with Gasteiger partial charge in [-0.15, -0.1) is 0 Å². The topological polar surface area (TPSA) is 78.9 Å². The highest BCUT2D eigenvalue weighted by atomic mass is 19.4. The summed E-state index contributed by atoms with van der Waals surface area (Å²) in [5.74, 6) is -1.34. The molecule has 1 aromatic rings. The predicted octanol–water partition coefficient (Wildman–Crippen LogP) is 0.858. The molecule has 0 saturated heterocycles. The Kier molecular flexibility index (Phi) is 2.65. The van der Waals surface area contributed by atoms with Crippen LogP contribution in [0.5, 0.6) is 0 Å². The van der Waals surface area contributed by atoms with E-state index >= 15 is 0 Å². The number of carboxylic acids is 1. The molecule has 5 nitrogen and oxygen atoms in total. The van der Waals surface area contributed by atoms with E-state index in [-0.39, 0.29) is 0 Å². The van der Waals surface area contributed by atoms with Gasteiger partial charge in [0.1, 0.15) is 18.2 Å². The lowest BCUT2D eigenvalue weighted by atomic mass is 10.3. The number of aliphatic carboxylic acids is 1. The van der Waals surface area contributed by atoms with Gasteiger partial charge in [-0.3, -0.25) is 9.48 Å². The van der Waals surface area contributed by atoms with Gasteiger partial charge >= 0.3 is 12.1 Å².